The molecule has 3 heterocycles. The Hall–Kier alpha value is -1.60. The molecule has 1 aromatic carbocycles. The first-order valence-electron chi connectivity index (χ1n) is 8.20. The van der Waals surface area contributed by atoms with Crippen LogP contribution in [0.1, 0.15) is 22.0 Å². The molecule has 2 aliphatic heterocycles. The second-order valence-corrected chi connectivity index (χ2v) is 7.01. The minimum Gasteiger partial charge on any atom is -0.331 e. The summed E-state index contributed by atoms with van der Waals surface area (Å²) < 4.78 is 13.7. The number of amides is 1. The third-order valence-electron chi connectivity index (χ3n) is 5.12. The van der Waals surface area contributed by atoms with Crippen molar-refractivity contribution in [2.45, 2.75) is 6.04 Å². The van der Waals surface area contributed by atoms with Gasteiger partial charge in [-0.2, -0.15) is 0 Å². The third-order valence-corrected chi connectivity index (χ3v) is 5.40. The Bertz CT molecular complexity index is 892. The van der Waals surface area contributed by atoms with E-state index in [1.54, 1.807) is 11.0 Å². The molecule has 27 heavy (non-hydrogen) atoms. The van der Waals surface area contributed by atoms with Crippen molar-refractivity contribution in [3.05, 3.63) is 68.8 Å². The van der Waals surface area contributed by atoms with Gasteiger partial charge in [0, 0.05) is 31.7 Å². The molecule has 1 aromatic heterocycles. The van der Waals surface area contributed by atoms with Crippen LogP contribution in [-0.2, 0) is 0 Å². The number of aromatic nitrogens is 1. The number of benzene rings is 1. The first-order valence-corrected chi connectivity index (χ1v) is 8.58. The molecule has 0 spiro atoms. The van der Waals surface area contributed by atoms with Crippen LogP contribution < -0.4 is 10.9 Å². The van der Waals surface area contributed by atoms with Gasteiger partial charge in [-0.3, -0.25) is 9.59 Å². The number of pyridine rings is 1. The van der Waals surface area contributed by atoms with Gasteiger partial charge in [-0.1, -0.05) is 23.7 Å². The number of hydrogen-bond donors (Lipinski definition) is 2. The topological polar surface area (TPSA) is 65.2 Å². The molecule has 0 radical (unpaired) electrons. The molecule has 2 fully saturated rings. The number of H-pyrrole nitrogens is 1. The highest BCUT2D eigenvalue weighted by molar-refractivity contribution is 6.30. The van der Waals surface area contributed by atoms with Crippen molar-refractivity contribution in [3.8, 4) is 0 Å². The second kappa shape index (κ2) is 8.61. The minimum absolute atomic E-state index is 0. The van der Waals surface area contributed by atoms with Crippen molar-refractivity contribution in [2.24, 2.45) is 11.8 Å². The van der Waals surface area contributed by atoms with Crippen molar-refractivity contribution < 1.29 is 9.18 Å². The minimum atomic E-state index is -0.428. The van der Waals surface area contributed by atoms with Gasteiger partial charge in [-0.25, -0.2) is 4.39 Å². The molecule has 4 rings (SSSR count). The van der Waals surface area contributed by atoms with Crippen LogP contribution >= 0.6 is 36.4 Å². The summed E-state index contributed by atoms with van der Waals surface area (Å²) in [6.45, 7) is 2.23. The zero-order valence-electron chi connectivity index (χ0n) is 14.2. The number of likely N-dealkylation sites (tertiary alicyclic amines) is 1. The van der Waals surface area contributed by atoms with E-state index in [4.69, 9.17) is 11.6 Å². The number of halogens is 4. The third kappa shape index (κ3) is 3.99. The van der Waals surface area contributed by atoms with Crippen molar-refractivity contribution in [3.63, 3.8) is 0 Å². The molecule has 2 saturated heterocycles. The van der Waals surface area contributed by atoms with Crippen LogP contribution in [0.5, 0.6) is 0 Å². The smallest absolute Gasteiger partial charge is 0.266 e. The molecular formula is C18H19Cl3FN3O2. The van der Waals surface area contributed by atoms with Crippen LogP contribution in [0.25, 0.3) is 0 Å². The average Bonchev–Trinajstić information content (AvgIpc) is 3.17. The van der Waals surface area contributed by atoms with Crippen LogP contribution in [0, 0.1) is 17.7 Å². The Morgan fingerprint density at radius 3 is 2.70 bits per heavy atom. The Morgan fingerprint density at radius 2 is 2.00 bits per heavy atom. The van der Waals surface area contributed by atoms with E-state index < -0.39 is 5.56 Å². The van der Waals surface area contributed by atoms with Gasteiger partial charge in [0.05, 0.1) is 11.6 Å². The summed E-state index contributed by atoms with van der Waals surface area (Å²) in [4.78, 5) is 28.7. The SMILES string of the molecule is Cl.Cl.O=C(c1c[nH]c(=O)c(Cl)c1)N1C[C@@H]2CNC[C@@H]2[C@H]1c1cccc(F)c1. The van der Waals surface area contributed by atoms with E-state index in [1.165, 1.54) is 24.4 Å². The van der Waals surface area contributed by atoms with Gasteiger partial charge in [-0.05, 0) is 29.7 Å². The molecule has 5 nitrogen and oxygen atoms in total. The van der Waals surface area contributed by atoms with E-state index in [-0.39, 0.29) is 53.5 Å². The van der Waals surface area contributed by atoms with E-state index in [2.05, 4.69) is 10.3 Å². The maximum Gasteiger partial charge on any atom is 0.266 e. The van der Waals surface area contributed by atoms with Gasteiger partial charge >= 0.3 is 0 Å². The Labute approximate surface area is 173 Å². The Kier molecular flexibility index (Phi) is 6.92. The van der Waals surface area contributed by atoms with Crippen molar-refractivity contribution >= 4 is 42.3 Å². The molecule has 2 aromatic rings. The van der Waals surface area contributed by atoms with Gasteiger partial charge in [0.25, 0.3) is 11.5 Å². The lowest BCUT2D eigenvalue weighted by Gasteiger charge is -2.28. The molecule has 1 amide bonds. The van der Waals surface area contributed by atoms with Crippen molar-refractivity contribution in [1.29, 1.82) is 0 Å². The summed E-state index contributed by atoms with van der Waals surface area (Å²) in [5, 5.41) is 3.33. The van der Waals surface area contributed by atoms with Gasteiger partial charge in [0.2, 0.25) is 0 Å². The van der Waals surface area contributed by atoms with E-state index in [0.717, 1.165) is 18.7 Å². The fraction of sp³-hybridized carbons (Fsp3) is 0.333. The van der Waals surface area contributed by atoms with Crippen LogP contribution in [0.4, 0.5) is 4.39 Å². The predicted molar refractivity (Wildman–Crippen MR) is 107 cm³/mol. The Balaban J connectivity index is 0.00000131. The van der Waals surface area contributed by atoms with Gasteiger partial charge < -0.3 is 15.2 Å². The maximum atomic E-state index is 13.7. The highest BCUT2D eigenvalue weighted by atomic mass is 35.5. The van der Waals surface area contributed by atoms with Crippen LogP contribution in [-0.4, -0.2) is 35.4 Å². The summed E-state index contributed by atoms with van der Waals surface area (Å²) in [7, 11) is 0. The molecule has 146 valence electrons. The molecule has 9 heteroatoms. The molecule has 0 unspecified atom stereocenters. The lowest BCUT2D eigenvalue weighted by Crippen LogP contribution is -2.35. The van der Waals surface area contributed by atoms with Crippen LogP contribution in [0.15, 0.2) is 41.3 Å². The maximum absolute atomic E-state index is 13.7. The number of hydrogen-bond acceptors (Lipinski definition) is 3. The van der Waals surface area contributed by atoms with E-state index in [9.17, 15) is 14.0 Å². The van der Waals surface area contributed by atoms with E-state index in [1.807, 2.05) is 6.07 Å². The fourth-order valence-corrected chi connectivity index (χ4v) is 4.16. The molecule has 0 saturated carbocycles. The molecule has 2 N–H and O–H groups in total. The van der Waals surface area contributed by atoms with E-state index >= 15 is 0 Å². The number of aromatic amines is 1. The molecule has 3 atom stereocenters. The summed E-state index contributed by atoms with van der Waals surface area (Å²) in [5.74, 6) is 0.0487. The first-order chi connectivity index (χ1) is 12.0. The number of rotatable bonds is 2. The van der Waals surface area contributed by atoms with Crippen molar-refractivity contribution in [2.75, 3.05) is 19.6 Å². The number of nitrogens with one attached hydrogen (secondary N) is 2. The number of nitrogens with zero attached hydrogens (tertiary/aromatic N) is 1. The van der Waals surface area contributed by atoms with Gasteiger partial charge in [0.1, 0.15) is 10.8 Å². The fourth-order valence-electron chi connectivity index (χ4n) is 3.99. The molecular weight excluding hydrogens is 416 g/mol. The largest absolute Gasteiger partial charge is 0.331 e. The zero-order chi connectivity index (χ0) is 17.6. The molecule has 2 aliphatic rings. The number of carbonyl (C=O) groups excluding carboxylic acids is 1. The first kappa shape index (κ1) is 21.7. The number of fused-ring (bicyclic) bond motifs is 1. The number of carbonyl (C=O) groups is 1. The summed E-state index contributed by atoms with van der Waals surface area (Å²) in [6, 6.07) is 7.60. The van der Waals surface area contributed by atoms with Gasteiger partial charge in [0.15, 0.2) is 0 Å². The lowest BCUT2D eigenvalue weighted by molar-refractivity contribution is 0.0713. The van der Waals surface area contributed by atoms with Crippen LogP contribution in [0.3, 0.4) is 0 Å². The summed E-state index contributed by atoms with van der Waals surface area (Å²) in [5.41, 5.74) is 0.696. The highest BCUT2D eigenvalue weighted by Crippen LogP contribution is 2.43. The van der Waals surface area contributed by atoms with Crippen LogP contribution in [0.2, 0.25) is 5.02 Å². The van der Waals surface area contributed by atoms with E-state index in [0.29, 0.717) is 18.0 Å². The normalized spacial score (nSPS) is 23.3. The highest BCUT2D eigenvalue weighted by Gasteiger charge is 2.47. The Morgan fingerprint density at radius 1 is 1.22 bits per heavy atom. The quantitative estimate of drug-likeness (QED) is 0.763. The lowest BCUT2D eigenvalue weighted by atomic mass is 9.89. The van der Waals surface area contributed by atoms with Gasteiger partial charge in [-0.15, -0.1) is 24.8 Å². The molecule has 0 aliphatic carbocycles. The summed E-state index contributed by atoms with van der Waals surface area (Å²) >= 11 is 5.86. The second-order valence-electron chi connectivity index (χ2n) is 6.60. The zero-order valence-corrected chi connectivity index (χ0v) is 16.5. The molecule has 0 bridgehead atoms. The predicted octanol–water partition coefficient (Wildman–Crippen LogP) is 3.04. The summed E-state index contributed by atoms with van der Waals surface area (Å²) in [6.07, 6.45) is 1.38. The monoisotopic (exact) mass is 433 g/mol. The average molecular weight is 435 g/mol. The van der Waals surface area contributed by atoms with Crippen molar-refractivity contribution in [1.82, 2.24) is 15.2 Å². The standard InChI is InChI=1S/C18H17ClFN3O2.2ClH/c19-15-5-11(7-22-17(15)24)18(25)23-9-12-6-21-8-14(12)16(23)10-2-1-3-13(20)4-10;;/h1-5,7,12,14,16,21H,6,8-9H2,(H,22,24);2*1H/t12-,14-,16+;;/m0../s1.